The lowest BCUT2D eigenvalue weighted by Crippen LogP contribution is -2.28. The summed E-state index contributed by atoms with van der Waals surface area (Å²) in [4.78, 5) is 31.7. The molecule has 0 atom stereocenters. The number of aromatic nitrogens is 2. The van der Waals surface area contributed by atoms with E-state index in [2.05, 4.69) is 15.3 Å². The number of sulfone groups is 1. The third kappa shape index (κ3) is 4.29. The van der Waals surface area contributed by atoms with Gasteiger partial charge in [-0.2, -0.15) is 0 Å². The minimum absolute atomic E-state index is 0.150. The molecule has 0 bridgehead atoms. The summed E-state index contributed by atoms with van der Waals surface area (Å²) in [5.41, 5.74) is 2.86. The van der Waals surface area contributed by atoms with E-state index in [-0.39, 0.29) is 5.69 Å². The molecular weight excluding hydrogens is 438 g/mol. The van der Waals surface area contributed by atoms with Crippen LogP contribution in [0.2, 0.25) is 0 Å². The molecular formula is C25H23N3O4S. The molecule has 0 fully saturated rings. The number of hydrogen-bond acceptors (Lipinski definition) is 5. The van der Waals surface area contributed by atoms with E-state index < -0.39 is 26.1 Å². The lowest BCUT2D eigenvalue weighted by molar-refractivity contribution is 0.102. The van der Waals surface area contributed by atoms with Gasteiger partial charge in [0.2, 0.25) is 0 Å². The SMILES string of the molecule is CC(C)(c1cc(-c2cccc(C(=O)Nc3ccc[nH]c3=O)c2)c2ncccc2c1)S(C)(=O)=O. The average Bonchev–Trinajstić information content (AvgIpc) is 2.79. The Balaban J connectivity index is 1.83. The molecule has 0 aliphatic heterocycles. The van der Waals surface area contributed by atoms with Crippen LogP contribution < -0.4 is 10.9 Å². The van der Waals surface area contributed by atoms with Gasteiger partial charge in [0.1, 0.15) is 5.69 Å². The fourth-order valence-electron chi connectivity index (χ4n) is 3.52. The first kappa shape index (κ1) is 22.4. The van der Waals surface area contributed by atoms with Crippen molar-refractivity contribution in [3.63, 3.8) is 0 Å². The molecule has 1 amide bonds. The minimum atomic E-state index is -3.40. The number of benzene rings is 2. The van der Waals surface area contributed by atoms with Gasteiger partial charge in [-0.15, -0.1) is 0 Å². The number of carbonyl (C=O) groups is 1. The molecule has 2 aromatic carbocycles. The number of carbonyl (C=O) groups excluding carboxylic acids is 1. The Hall–Kier alpha value is -3.78. The number of nitrogens with one attached hydrogen (secondary N) is 2. The fourth-order valence-corrected chi connectivity index (χ4v) is 4.06. The molecule has 0 saturated heterocycles. The van der Waals surface area contributed by atoms with Crippen LogP contribution in [0, 0.1) is 0 Å². The fraction of sp³-hybridized carbons (Fsp3) is 0.160. The molecule has 4 aromatic rings. The van der Waals surface area contributed by atoms with Crippen LogP contribution >= 0.6 is 0 Å². The summed E-state index contributed by atoms with van der Waals surface area (Å²) in [6.45, 7) is 3.34. The summed E-state index contributed by atoms with van der Waals surface area (Å²) in [6.07, 6.45) is 4.38. The molecule has 0 saturated carbocycles. The first-order valence-corrected chi connectivity index (χ1v) is 12.2. The molecule has 0 spiro atoms. The maximum absolute atomic E-state index is 12.8. The number of hydrogen-bond donors (Lipinski definition) is 2. The van der Waals surface area contributed by atoms with Crippen LogP contribution in [0.25, 0.3) is 22.0 Å². The highest BCUT2D eigenvalue weighted by Crippen LogP contribution is 2.36. The van der Waals surface area contributed by atoms with Gasteiger partial charge in [-0.25, -0.2) is 8.42 Å². The standard InChI is InChI=1S/C25H23N3O4S/c1-25(2,33(3,31)32)19-14-17-9-5-11-26-22(17)20(15-19)16-7-4-8-18(13-16)23(29)28-21-10-6-12-27-24(21)30/h4-15H,1-3H3,(H,27,30)(H,28,29). The number of anilines is 1. The summed E-state index contributed by atoms with van der Waals surface area (Å²) in [5.74, 6) is -0.432. The van der Waals surface area contributed by atoms with Crippen LogP contribution in [0.15, 0.2) is 77.9 Å². The Kier molecular flexibility index (Phi) is 5.63. The average molecular weight is 462 g/mol. The normalized spacial score (nSPS) is 12.0. The van der Waals surface area contributed by atoms with Crippen LogP contribution in [0.1, 0.15) is 29.8 Å². The Morgan fingerprint density at radius 3 is 2.55 bits per heavy atom. The summed E-state index contributed by atoms with van der Waals surface area (Å²) in [5, 5.41) is 3.42. The molecule has 33 heavy (non-hydrogen) atoms. The highest BCUT2D eigenvalue weighted by Gasteiger charge is 2.33. The number of pyridine rings is 2. The van der Waals surface area contributed by atoms with Gasteiger partial charge in [0.05, 0.1) is 10.3 Å². The van der Waals surface area contributed by atoms with Crippen LogP contribution in [-0.2, 0) is 14.6 Å². The van der Waals surface area contributed by atoms with Gasteiger partial charge >= 0.3 is 0 Å². The van der Waals surface area contributed by atoms with Crippen LogP contribution in [0.5, 0.6) is 0 Å². The van der Waals surface area contributed by atoms with Crippen molar-refractivity contribution in [2.24, 2.45) is 0 Å². The predicted octanol–water partition coefficient (Wildman–Crippen LogP) is 4.12. The first-order valence-electron chi connectivity index (χ1n) is 10.3. The molecule has 7 nitrogen and oxygen atoms in total. The zero-order valence-electron chi connectivity index (χ0n) is 18.4. The second-order valence-electron chi connectivity index (χ2n) is 8.33. The van der Waals surface area contributed by atoms with Crippen molar-refractivity contribution < 1.29 is 13.2 Å². The molecule has 2 aromatic heterocycles. The van der Waals surface area contributed by atoms with Crippen LogP contribution in [0.3, 0.4) is 0 Å². The van der Waals surface area contributed by atoms with Crippen LogP contribution in [0.4, 0.5) is 5.69 Å². The number of aromatic amines is 1. The van der Waals surface area contributed by atoms with E-state index in [0.29, 0.717) is 27.8 Å². The zero-order chi connectivity index (χ0) is 23.8. The number of nitrogens with zero attached hydrogens (tertiary/aromatic N) is 1. The molecule has 168 valence electrons. The quantitative estimate of drug-likeness (QED) is 0.465. The Morgan fingerprint density at radius 1 is 1.03 bits per heavy atom. The van der Waals surface area contributed by atoms with Gasteiger partial charge in [-0.3, -0.25) is 14.6 Å². The second kappa shape index (κ2) is 8.29. The van der Waals surface area contributed by atoms with Gasteiger partial charge < -0.3 is 10.3 Å². The minimum Gasteiger partial charge on any atom is -0.327 e. The molecule has 4 rings (SSSR count). The first-order chi connectivity index (χ1) is 15.6. The van der Waals surface area contributed by atoms with Crippen molar-refractivity contribution >= 4 is 32.3 Å². The number of fused-ring (bicyclic) bond motifs is 1. The molecule has 2 N–H and O–H groups in total. The molecule has 0 radical (unpaired) electrons. The second-order valence-corrected chi connectivity index (χ2v) is 10.9. The van der Waals surface area contributed by atoms with Crippen molar-refractivity contribution in [1.82, 2.24) is 9.97 Å². The summed E-state index contributed by atoms with van der Waals surface area (Å²) < 4.78 is 23.9. The molecule has 0 unspecified atom stereocenters. The predicted molar refractivity (Wildman–Crippen MR) is 130 cm³/mol. The zero-order valence-corrected chi connectivity index (χ0v) is 19.2. The molecule has 0 aliphatic rings. The van der Waals surface area contributed by atoms with E-state index >= 15 is 0 Å². The highest BCUT2D eigenvalue weighted by molar-refractivity contribution is 7.91. The van der Waals surface area contributed by atoms with E-state index in [9.17, 15) is 18.0 Å². The van der Waals surface area contributed by atoms with Crippen molar-refractivity contribution in [1.29, 1.82) is 0 Å². The highest BCUT2D eigenvalue weighted by atomic mass is 32.2. The number of rotatable bonds is 5. The van der Waals surface area contributed by atoms with Crippen molar-refractivity contribution in [2.75, 3.05) is 11.6 Å². The maximum Gasteiger partial charge on any atom is 0.271 e. The van der Waals surface area contributed by atoms with Crippen LogP contribution in [-0.4, -0.2) is 30.5 Å². The van der Waals surface area contributed by atoms with E-state index in [1.165, 1.54) is 18.5 Å². The Labute approximate surface area is 191 Å². The summed E-state index contributed by atoms with van der Waals surface area (Å²) in [6, 6.07) is 17.4. The third-order valence-electron chi connectivity index (χ3n) is 5.83. The van der Waals surface area contributed by atoms with Gasteiger partial charge in [-0.1, -0.05) is 18.2 Å². The third-order valence-corrected chi connectivity index (χ3v) is 7.92. The van der Waals surface area contributed by atoms with Gasteiger partial charge in [-0.05, 0) is 67.4 Å². The van der Waals surface area contributed by atoms with E-state index in [0.717, 1.165) is 5.39 Å². The largest absolute Gasteiger partial charge is 0.327 e. The number of amides is 1. The summed E-state index contributed by atoms with van der Waals surface area (Å²) >= 11 is 0. The lowest BCUT2D eigenvalue weighted by atomic mass is 9.93. The molecule has 0 aliphatic carbocycles. The van der Waals surface area contributed by atoms with E-state index in [1.807, 2.05) is 24.3 Å². The summed E-state index contributed by atoms with van der Waals surface area (Å²) in [7, 11) is -3.40. The topological polar surface area (TPSA) is 109 Å². The Morgan fingerprint density at radius 2 is 1.82 bits per heavy atom. The van der Waals surface area contributed by atoms with Gasteiger partial charge in [0, 0.05) is 35.2 Å². The smallest absolute Gasteiger partial charge is 0.271 e. The van der Waals surface area contributed by atoms with E-state index in [4.69, 9.17) is 0 Å². The van der Waals surface area contributed by atoms with Crippen molar-refractivity contribution in [3.05, 3.63) is 94.5 Å². The van der Waals surface area contributed by atoms with Crippen molar-refractivity contribution in [2.45, 2.75) is 18.6 Å². The molecule has 8 heteroatoms. The molecule has 2 heterocycles. The van der Waals surface area contributed by atoms with E-state index in [1.54, 1.807) is 50.4 Å². The number of H-pyrrole nitrogens is 1. The monoisotopic (exact) mass is 461 g/mol. The maximum atomic E-state index is 12.8. The lowest BCUT2D eigenvalue weighted by Gasteiger charge is -2.24. The van der Waals surface area contributed by atoms with Gasteiger partial charge in [0.25, 0.3) is 11.5 Å². The Bertz CT molecular complexity index is 1540. The van der Waals surface area contributed by atoms with Crippen molar-refractivity contribution in [3.8, 4) is 11.1 Å². The van der Waals surface area contributed by atoms with Gasteiger partial charge in [0.15, 0.2) is 9.84 Å².